The topological polar surface area (TPSA) is 57.8 Å². The van der Waals surface area contributed by atoms with E-state index in [0.717, 1.165) is 24.0 Å². The average Bonchev–Trinajstić information content (AvgIpc) is 3.08. The van der Waals surface area contributed by atoms with Gasteiger partial charge in [-0.1, -0.05) is 30.3 Å². The Labute approximate surface area is 146 Å². The lowest BCUT2D eigenvalue weighted by atomic mass is 10.2. The molecular weight excluding hydrogens is 314 g/mol. The number of carbonyl (C=O) groups excluding carboxylic acids is 1. The third kappa shape index (κ3) is 3.88. The highest BCUT2D eigenvalue weighted by Crippen LogP contribution is 2.18. The fourth-order valence-electron chi connectivity index (χ4n) is 2.67. The first-order valence-corrected chi connectivity index (χ1v) is 8.38. The predicted molar refractivity (Wildman–Crippen MR) is 101 cm³/mol. The third-order valence-corrected chi connectivity index (χ3v) is 4.05. The van der Waals surface area contributed by atoms with Gasteiger partial charge in [0, 0.05) is 24.2 Å². The number of nitrogens with one attached hydrogen (secondary N) is 1. The maximum Gasteiger partial charge on any atom is 0.307 e. The van der Waals surface area contributed by atoms with Crippen LogP contribution in [0.5, 0.6) is 0 Å². The van der Waals surface area contributed by atoms with Gasteiger partial charge in [0.25, 0.3) is 0 Å². The molecule has 0 aliphatic heterocycles. The highest BCUT2D eigenvalue weighted by Gasteiger charge is 2.10. The van der Waals surface area contributed by atoms with E-state index in [1.807, 2.05) is 36.4 Å². The van der Waals surface area contributed by atoms with E-state index < -0.39 is 0 Å². The van der Waals surface area contributed by atoms with Crippen LogP contribution in [-0.2, 0) is 0 Å². The van der Waals surface area contributed by atoms with E-state index in [4.69, 9.17) is 4.42 Å². The molecule has 0 bridgehead atoms. The van der Waals surface area contributed by atoms with Crippen molar-refractivity contribution in [3.05, 3.63) is 65.9 Å². The number of benzene rings is 2. The fourth-order valence-corrected chi connectivity index (χ4v) is 2.67. The summed E-state index contributed by atoms with van der Waals surface area (Å²) < 4.78 is 5.51. The van der Waals surface area contributed by atoms with Crippen molar-refractivity contribution in [1.29, 1.82) is 0 Å². The summed E-state index contributed by atoms with van der Waals surface area (Å²) in [6, 6.07) is 17.3. The maximum atomic E-state index is 12.1. The first-order chi connectivity index (χ1) is 12.2. The minimum absolute atomic E-state index is 0.246. The van der Waals surface area contributed by atoms with Crippen molar-refractivity contribution in [3.8, 4) is 0 Å². The number of nitrogens with zero attached hydrogens (tertiary/aromatic N) is 2. The van der Waals surface area contributed by atoms with E-state index in [2.05, 4.69) is 41.4 Å². The molecule has 1 heterocycles. The molecule has 1 N–H and O–H groups in total. The number of hydrazone groups is 1. The molecule has 0 fully saturated rings. The fraction of sp³-hybridized carbons (Fsp3) is 0.200. The first kappa shape index (κ1) is 16.8. The minimum Gasteiger partial charge on any atom is -0.451 e. The number of para-hydroxylation sites is 1. The zero-order valence-electron chi connectivity index (χ0n) is 14.4. The summed E-state index contributed by atoms with van der Waals surface area (Å²) in [7, 11) is 0. The Balaban J connectivity index is 1.63. The van der Waals surface area contributed by atoms with Crippen LogP contribution in [0.4, 0.5) is 5.69 Å². The van der Waals surface area contributed by atoms with E-state index in [9.17, 15) is 4.79 Å². The van der Waals surface area contributed by atoms with Crippen molar-refractivity contribution in [2.24, 2.45) is 5.10 Å². The minimum atomic E-state index is -0.368. The molecule has 3 rings (SSSR count). The normalized spacial score (nSPS) is 11.1. The second-order valence-electron chi connectivity index (χ2n) is 5.61. The van der Waals surface area contributed by atoms with Gasteiger partial charge in [-0.15, -0.1) is 0 Å². The Kier molecular flexibility index (Phi) is 5.14. The average molecular weight is 335 g/mol. The lowest BCUT2D eigenvalue weighted by Gasteiger charge is -2.20. The Morgan fingerprint density at radius 1 is 1.12 bits per heavy atom. The summed E-state index contributed by atoms with van der Waals surface area (Å²) in [5.74, 6) is -0.123. The van der Waals surface area contributed by atoms with Crippen LogP contribution in [0.3, 0.4) is 0 Å². The maximum absolute atomic E-state index is 12.1. The van der Waals surface area contributed by atoms with Crippen molar-refractivity contribution in [1.82, 2.24) is 5.43 Å². The van der Waals surface area contributed by atoms with Crippen LogP contribution >= 0.6 is 0 Å². The smallest absolute Gasteiger partial charge is 0.307 e. The molecule has 0 aliphatic rings. The molecule has 0 unspecified atom stereocenters. The van der Waals surface area contributed by atoms with Crippen molar-refractivity contribution < 1.29 is 9.21 Å². The van der Waals surface area contributed by atoms with E-state index in [-0.39, 0.29) is 11.7 Å². The highest BCUT2D eigenvalue weighted by molar-refractivity contribution is 5.96. The zero-order chi connectivity index (χ0) is 17.6. The second kappa shape index (κ2) is 7.66. The monoisotopic (exact) mass is 335 g/mol. The summed E-state index contributed by atoms with van der Waals surface area (Å²) in [5.41, 5.74) is 5.27. The van der Waals surface area contributed by atoms with Gasteiger partial charge in [0.15, 0.2) is 5.76 Å². The summed E-state index contributed by atoms with van der Waals surface area (Å²) in [6.45, 7) is 6.20. The van der Waals surface area contributed by atoms with E-state index in [0.29, 0.717) is 5.58 Å². The van der Waals surface area contributed by atoms with Gasteiger partial charge in [-0.3, -0.25) is 4.79 Å². The van der Waals surface area contributed by atoms with Crippen molar-refractivity contribution in [2.75, 3.05) is 18.0 Å². The van der Waals surface area contributed by atoms with Gasteiger partial charge in [0.05, 0.1) is 6.21 Å². The number of fused-ring (bicyclic) bond motifs is 1. The van der Waals surface area contributed by atoms with E-state index in [1.54, 1.807) is 12.3 Å². The van der Waals surface area contributed by atoms with Crippen LogP contribution in [0.25, 0.3) is 11.0 Å². The number of hydrogen-bond acceptors (Lipinski definition) is 4. The van der Waals surface area contributed by atoms with Crippen LogP contribution < -0.4 is 10.3 Å². The molecule has 0 saturated carbocycles. The lowest BCUT2D eigenvalue weighted by molar-refractivity contribution is 0.0929. The summed E-state index contributed by atoms with van der Waals surface area (Å²) in [5, 5.41) is 4.90. The van der Waals surface area contributed by atoms with Gasteiger partial charge >= 0.3 is 5.91 Å². The zero-order valence-corrected chi connectivity index (χ0v) is 14.4. The van der Waals surface area contributed by atoms with Crippen LogP contribution in [0, 0.1) is 0 Å². The van der Waals surface area contributed by atoms with Gasteiger partial charge < -0.3 is 9.32 Å². The van der Waals surface area contributed by atoms with Crippen LogP contribution in [-0.4, -0.2) is 25.2 Å². The molecule has 5 heteroatoms. The van der Waals surface area contributed by atoms with Gasteiger partial charge in [-0.25, -0.2) is 5.43 Å². The Morgan fingerprint density at radius 2 is 1.84 bits per heavy atom. The largest absolute Gasteiger partial charge is 0.451 e. The number of hydrogen-bond donors (Lipinski definition) is 1. The molecule has 0 aliphatic carbocycles. The van der Waals surface area contributed by atoms with Gasteiger partial charge in [-0.2, -0.15) is 5.10 Å². The van der Waals surface area contributed by atoms with Crippen LogP contribution in [0.1, 0.15) is 30.0 Å². The Bertz CT molecular complexity index is 844. The Hall–Kier alpha value is -3.08. The predicted octanol–water partition coefficient (Wildman–Crippen LogP) is 4.04. The van der Waals surface area contributed by atoms with Crippen molar-refractivity contribution in [3.63, 3.8) is 0 Å². The lowest BCUT2D eigenvalue weighted by Crippen LogP contribution is -2.21. The molecule has 5 nitrogen and oxygen atoms in total. The highest BCUT2D eigenvalue weighted by atomic mass is 16.3. The molecular formula is C20H21N3O2. The summed E-state index contributed by atoms with van der Waals surface area (Å²) in [4.78, 5) is 14.4. The van der Waals surface area contributed by atoms with Gasteiger partial charge in [0.2, 0.25) is 0 Å². The van der Waals surface area contributed by atoms with Crippen molar-refractivity contribution in [2.45, 2.75) is 13.8 Å². The van der Waals surface area contributed by atoms with E-state index >= 15 is 0 Å². The van der Waals surface area contributed by atoms with Crippen molar-refractivity contribution >= 4 is 28.8 Å². The molecule has 3 aromatic rings. The molecule has 2 aromatic carbocycles. The molecule has 0 radical (unpaired) electrons. The summed E-state index contributed by atoms with van der Waals surface area (Å²) >= 11 is 0. The SMILES string of the molecule is CCN(CC)c1ccc(/C=N/NC(=O)c2cc3ccccc3o2)cc1. The Morgan fingerprint density at radius 3 is 2.52 bits per heavy atom. The molecule has 0 atom stereocenters. The van der Waals surface area contributed by atoms with Gasteiger partial charge in [0.1, 0.15) is 5.58 Å². The molecule has 1 aromatic heterocycles. The third-order valence-electron chi connectivity index (χ3n) is 4.05. The molecule has 1 amide bonds. The molecule has 25 heavy (non-hydrogen) atoms. The number of amides is 1. The number of anilines is 1. The molecule has 0 saturated heterocycles. The molecule has 0 spiro atoms. The van der Waals surface area contributed by atoms with Gasteiger partial charge in [-0.05, 0) is 43.7 Å². The number of rotatable bonds is 6. The van der Waals surface area contributed by atoms with Crippen LogP contribution in [0.15, 0.2) is 64.1 Å². The number of furan rings is 1. The number of carbonyl (C=O) groups is 1. The van der Waals surface area contributed by atoms with Crippen LogP contribution in [0.2, 0.25) is 0 Å². The quantitative estimate of drug-likeness (QED) is 0.546. The standard InChI is InChI=1S/C20H21N3O2/c1-3-23(4-2)17-11-9-15(10-12-17)14-21-22-20(24)19-13-16-7-5-6-8-18(16)25-19/h5-14H,3-4H2,1-2H3,(H,22,24)/b21-14+. The van der Waals surface area contributed by atoms with E-state index in [1.165, 1.54) is 5.69 Å². The summed E-state index contributed by atoms with van der Waals surface area (Å²) in [6.07, 6.45) is 1.62. The second-order valence-corrected chi connectivity index (χ2v) is 5.61. The molecule has 128 valence electrons. The first-order valence-electron chi connectivity index (χ1n) is 8.38.